The molecule has 4 rings (SSSR count). The highest BCUT2D eigenvalue weighted by atomic mass is 16.6. The Bertz CT molecular complexity index is 1210. The van der Waals surface area contributed by atoms with Gasteiger partial charge in [0.15, 0.2) is 5.82 Å². The Morgan fingerprint density at radius 3 is 2.52 bits per heavy atom. The van der Waals surface area contributed by atoms with Crippen LogP contribution < -0.4 is 5.32 Å². The number of fused-ring (bicyclic) bond motifs is 1. The van der Waals surface area contributed by atoms with Crippen molar-refractivity contribution in [1.29, 1.82) is 0 Å². The van der Waals surface area contributed by atoms with Crippen molar-refractivity contribution in [3.8, 4) is 11.4 Å². The molecule has 8 nitrogen and oxygen atoms in total. The van der Waals surface area contributed by atoms with E-state index in [1.807, 2.05) is 20.0 Å². The van der Waals surface area contributed by atoms with Crippen LogP contribution >= 0.6 is 0 Å². The van der Waals surface area contributed by atoms with E-state index in [-0.39, 0.29) is 5.69 Å². The Morgan fingerprint density at radius 1 is 1.03 bits per heavy atom. The van der Waals surface area contributed by atoms with E-state index in [1.165, 1.54) is 17.7 Å². The van der Waals surface area contributed by atoms with Crippen LogP contribution in [0.1, 0.15) is 17.1 Å². The van der Waals surface area contributed by atoms with Gasteiger partial charge >= 0.3 is 0 Å². The maximum absolute atomic E-state index is 10.8. The highest BCUT2D eigenvalue weighted by Gasteiger charge is 2.11. The molecule has 0 atom stereocenters. The summed E-state index contributed by atoms with van der Waals surface area (Å²) in [5, 5.41) is 14.2. The first-order valence-corrected chi connectivity index (χ1v) is 9.17. The predicted molar refractivity (Wildman–Crippen MR) is 112 cm³/mol. The summed E-state index contributed by atoms with van der Waals surface area (Å²) in [6.45, 7) is 4.45. The number of nitro groups is 1. The van der Waals surface area contributed by atoms with E-state index in [0.29, 0.717) is 18.2 Å². The minimum atomic E-state index is -0.424. The number of imidazole rings is 1. The summed E-state index contributed by atoms with van der Waals surface area (Å²) >= 11 is 0. The first kappa shape index (κ1) is 18.5. The standard InChI is InChI=1S/C21H20N6O2/c1-13-4-9-18-17(10-13)24-20(26(18)3)12-22-19-11-14(2)23-21(25-19)15-5-7-16(8-6-15)27(28)29/h4-11H,12H2,1-3H3,(H,22,23,25). The van der Waals surface area contributed by atoms with Crippen LogP contribution in [0.4, 0.5) is 11.5 Å². The molecule has 2 aromatic carbocycles. The van der Waals surface area contributed by atoms with Crippen LogP contribution in [0.2, 0.25) is 0 Å². The first-order valence-electron chi connectivity index (χ1n) is 9.17. The lowest BCUT2D eigenvalue weighted by molar-refractivity contribution is -0.384. The normalized spacial score (nSPS) is 11.0. The van der Waals surface area contributed by atoms with Gasteiger partial charge in [0.25, 0.3) is 5.69 Å². The number of hydrogen-bond acceptors (Lipinski definition) is 6. The second-order valence-corrected chi connectivity index (χ2v) is 6.95. The zero-order chi connectivity index (χ0) is 20.5. The SMILES string of the molecule is Cc1ccc2c(c1)nc(CNc1cc(C)nc(-c3ccc([N+](=O)[O-])cc3)n1)n2C. The van der Waals surface area contributed by atoms with Crippen molar-refractivity contribution < 1.29 is 4.92 Å². The molecule has 0 radical (unpaired) electrons. The molecule has 29 heavy (non-hydrogen) atoms. The molecule has 0 spiro atoms. The number of benzene rings is 2. The minimum Gasteiger partial charge on any atom is -0.363 e. The average molecular weight is 388 g/mol. The Morgan fingerprint density at radius 2 is 1.79 bits per heavy atom. The molecule has 1 N–H and O–H groups in total. The molecule has 0 unspecified atom stereocenters. The van der Waals surface area contributed by atoms with Crippen LogP contribution in [0.15, 0.2) is 48.5 Å². The molecule has 0 fully saturated rings. The Labute approximate surface area is 167 Å². The van der Waals surface area contributed by atoms with Crippen LogP contribution in [-0.4, -0.2) is 24.4 Å². The fourth-order valence-corrected chi connectivity index (χ4v) is 3.21. The van der Waals surface area contributed by atoms with Crippen molar-refractivity contribution in [3.63, 3.8) is 0 Å². The van der Waals surface area contributed by atoms with Crippen molar-refractivity contribution in [2.24, 2.45) is 7.05 Å². The molecule has 8 heteroatoms. The van der Waals surface area contributed by atoms with Gasteiger partial charge < -0.3 is 9.88 Å². The van der Waals surface area contributed by atoms with Crippen LogP contribution in [0.5, 0.6) is 0 Å². The summed E-state index contributed by atoms with van der Waals surface area (Å²) in [6, 6.07) is 14.3. The smallest absolute Gasteiger partial charge is 0.269 e. The highest BCUT2D eigenvalue weighted by Crippen LogP contribution is 2.22. The van der Waals surface area contributed by atoms with Crippen LogP contribution in [-0.2, 0) is 13.6 Å². The van der Waals surface area contributed by atoms with Gasteiger partial charge in [0.05, 0.1) is 22.5 Å². The molecule has 0 saturated carbocycles. The molecular weight excluding hydrogens is 368 g/mol. The molecule has 146 valence electrons. The summed E-state index contributed by atoms with van der Waals surface area (Å²) in [6.07, 6.45) is 0. The average Bonchev–Trinajstić information content (AvgIpc) is 3.01. The predicted octanol–water partition coefficient (Wildman–Crippen LogP) is 4.17. The zero-order valence-corrected chi connectivity index (χ0v) is 16.4. The third-order valence-corrected chi connectivity index (χ3v) is 4.75. The fourth-order valence-electron chi connectivity index (χ4n) is 3.21. The van der Waals surface area contributed by atoms with Gasteiger partial charge in [0.1, 0.15) is 11.6 Å². The number of anilines is 1. The van der Waals surface area contributed by atoms with E-state index in [9.17, 15) is 10.1 Å². The van der Waals surface area contributed by atoms with Gasteiger partial charge in [-0.05, 0) is 43.7 Å². The van der Waals surface area contributed by atoms with E-state index in [4.69, 9.17) is 4.98 Å². The van der Waals surface area contributed by atoms with Gasteiger partial charge in [-0.25, -0.2) is 15.0 Å². The lowest BCUT2D eigenvalue weighted by Crippen LogP contribution is -2.08. The second kappa shape index (κ2) is 7.31. The van der Waals surface area contributed by atoms with E-state index >= 15 is 0 Å². The van der Waals surface area contributed by atoms with Gasteiger partial charge in [0.2, 0.25) is 0 Å². The largest absolute Gasteiger partial charge is 0.363 e. The molecule has 0 amide bonds. The van der Waals surface area contributed by atoms with Crippen LogP contribution in [0.3, 0.4) is 0 Å². The summed E-state index contributed by atoms with van der Waals surface area (Å²) in [5.41, 5.74) is 4.79. The number of non-ortho nitro benzene ring substituents is 1. The first-order chi connectivity index (χ1) is 13.9. The summed E-state index contributed by atoms with van der Waals surface area (Å²) < 4.78 is 2.06. The Hall–Kier alpha value is -3.81. The van der Waals surface area contributed by atoms with Gasteiger partial charge in [-0.1, -0.05) is 6.07 Å². The van der Waals surface area contributed by atoms with E-state index in [1.54, 1.807) is 12.1 Å². The number of rotatable bonds is 5. The van der Waals surface area contributed by atoms with Crippen molar-refractivity contribution in [2.45, 2.75) is 20.4 Å². The zero-order valence-electron chi connectivity index (χ0n) is 16.4. The molecule has 2 aromatic heterocycles. The third-order valence-electron chi connectivity index (χ3n) is 4.75. The number of nitrogens with zero attached hydrogens (tertiary/aromatic N) is 5. The molecule has 2 heterocycles. The maximum Gasteiger partial charge on any atom is 0.269 e. The number of nitro benzene ring substituents is 1. The fraction of sp³-hybridized carbons (Fsp3) is 0.190. The summed E-state index contributed by atoms with van der Waals surface area (Å²) in [5.74, 6) is 2.09. The second-order valence-electron chi connectivity index (χ2n) is 6.95. The number of aromatic nitrogens is 4. The van der Waals surface area contributed by atoms with Crippen molar-refractivity contribution >= 4 is 22.5 Å². The molecule has 0 bridgehead atoms. The molecular formula is C21H20N6O2. The van der Waals surface area contributed by atoms with Crippen molar-refractivity contribution in [2.75, 3.05) is 5.32 Å². The van der Waals surface area contributed by atoms with E-state index < -0.39 is 4.92 Å². The van der Waals surface area contributed by atoms with Gasteiger partial charge in [-0.2, -0.15) is 0 Å². The van der Waals surface area contributed by atoms with Gasteiger partial charge in [-0.15, -0.1) is 0 Å². The maximum atomic E-state index is 10.8. The van der Waals surface area contributed by atoms with Gasteiger partial charge in [0, 0.05) is 36.5 Å². The minimum absolute atomic E-state index is 0.0387. The van der Waals surface area contributed by atoms with Crippen molar-refractivity contribution in [1.82, 2.24) is 19.5 Å². The van der Waals surface area contributed by atoms with Gasteiger partial charge in [-0.3, -0.25) is 10.1 Å². The molecule has 0 aliphatic heterocycles. The topological polar surface area (TPSA) is 98.8 Å². The molecule has 4 aromatic rings. The Kier molecular flexibility index (Phi) is 4.67. The van der Waals surface area contributed by atoms with Crippen LogP contribution in [0, 0.1) is 24.0 Å². The summed E-state index contributed by atoms with van der Waals surface area (Å²) in [4.78, 5) is 24.1. The molecule has 0 aliphatic rings. The number of aryl methyl sites for hydroxylation is 3. The number of nitrogens with one attached hydrogen (secondary N) is 1. The highest BCUT2D eigenvalue weighted by molar-refractivity contribution is 5.76. The Balaban J connectivity index is 1.58. The lowest BCUT2D eigenvalue weighted by atomic mass is 10.2. The molecule has 0 saturated heterocycles. The quantitative estimate of drug-likeness (QED) is 0.407. The molecule has 0 aliphatic carbocycles. The number of hydrogen-bond donors (Lipinski definition) is 1. The summed E-state index contributed by atoms with van der Waals surface area (Å²) in [7, 11) is 2.00. The van der Waals surface area contributed by atoms with Crippen molar-refractivity contribution in [3.05, 3.63) is 75.7 Å². The lowest BCUT2D eigenvalue weighted by Gasteiger charge is -2.09. The van der Waals surface area contributed by atoms with E-state index in [0.717, 1.165) is 28.1 Å². The van der Waals surface area contributed by atoms with Crippen LogP contribution in [0.25, 0.3) is 22.4 Å². The monoisotopic (exact) mass is 388 g/mol. The van der Waals surface area contributed by atoms with E-state index in [2.05, 4.69) is 45.0 Å². The third kappa shape index (κ3) is 3.77.